The second kappa shape index (κ2) is 9.99. The van der Waals surface area contributed by atoms with Crippen molar-refractivity contribution in [2.24, 2.45) is 10.9 Å². The zero-order valence-corrected chi connectivity index (χ0v) is 19.7. The van der Waals surface area contributed by atoms with Crippen LogP contribution in [0.15, 0.2) is 47.5 Å². The van der Waals surface area contributed by atoms with Crippen LogP contribution in [0.3, 0.4) is 0 Å². The number of carbonyl (C=O) groups excluding carboxylic acids is 2. The molecule has 0 spiro atoms. The number of aliphatic imine (C=N–C) groups is 1. The number of hydrogen-bond acceptors (Lipinski definition) is 4. The van der Waals surface area contributed by atoms with E-state index in [0.717, 1.165) is 17.2 Å². The van der Waals surface area contributed by atoms with Crippen molar-refractivity contribution in [2.75, 3.05) is 11.9 Å². The third kappa shape index (κ3) is 6.16. The minimum Gasteiger partial charge on any atom is -0.325 e. The van der Waals surface area contributed by atoms with Crippen LogP contribution in [-0.2, 0) is 15.8 Å². The Morgan fingerprint density at radius 2 is 1.85 bits per heavy atom. The van der Waals surface area contributed by atoms with Gasteiger partial charge >= 0.3 is 6.18 Å². The second-order valence-corrected chi connectivity index (χ2v) is 9.58. The van der Waals surface area contributed by atoms with Gasteiger partial charge in [0.25, 0.3) is 0 Å². The molecule has 176 valence electrons. The van der Waals surface area contributed by atoms with Gasteiger partial charge in [0.05, 0.1) is 16.9 Å². The van der Waals surface area contributed by atoms with Gasteiger partial charge in [-0.2, -0.15) is 13.2 Å². The summed E-state index contributed by atoms with van der Waals surface area (Å²) in [5.74, 6) is -0.754. The Morgan fingerprint density at radius 3 is 2.48 bits per heavy atom. The Hall–Kier alpha value is -2.81. The number of amides is 2. The maximum absolute atomic E-state index is 13.2. The topological polar surface area (TPSA) is 61.8 Å². The van der Waals surface area contributed by atoms with Gasteiger partial charge in [-0.05, 0) is 55.2 Å². The smallest absolute Gasteiger partial charge is 0.325 e. The Labute approximate surface area is 195 Å². The summed E-state index contributed by atoms with van der Waals surface area (Å²) < 4.78 is 39.7. The van der Waals surface area contributed by atoms with Crippen LogP contribution in [-0.4, -0.2) is 33.7 Å². The monoisotopic (exact) mass is 477 g/mol. The van der Waals surface area contributed by atoms with Crippen LogP contribution < -0.4 is 5.32 Å². The molecule has 0 saturated carbocycles. The maximum Gasteiger partial charge on any atom is 0.418 e. The van der Waals surface area contributed by atoms with E-state index in [0.29, 0.717) is 17.4 Å². The molecule has 0 radical (unpaired) electrons. The summed E-state index contributed by atoms with van der Waals surface area (Å²) in [4.78, 5) is 31.8. The van der Waals surface area contributed by atoms with Crippen molar-refractivity contribution in [3.8, 4) is 0 Å². The third-order valence-corrected chi connectivity index (χ3v) is 6.34. The molecular weight excluding hydrogens is 451 g/mol. The second-order valence-electron chi connectivity index (χ2n) is 8.41. The van der Waals surface area contributed by atoms with Gasteiger partial charge in [0.15, 0.2) is 5.17 Å². The number of alkyl halides is 3. The molecule has 2 aromatic rings. The highest BCUT2D eigenvalue weighted by atomic mass is 32.2. The molecule has 2 aromatic carbocycles. The number of rotatable bonds is 6. The fourth-order valence-corrected chi connectivity index (χ4v) is 4.54. The fraction of sp³-hybridized carbons (Fsp3) is 0.375. The number of nitrogens with zero attached hydrogens (tertiary/aromatic N) is 2. The third-order valence-electron chi connectivity index (χ3n) is 5.16. The zero-order chi connectivity index (χ0) is 24.3. The van der Waals surface area contributed by atoms with Gasteiger partial charge in [0.2, 0.25) is 11.8 Å². The minimum atomic E-state index is -4.60. The lowest BCUT2D eigenvalue weighted by Gasteiger charge is -2.19. The number of amidine groups is 1. The Balaban J connectivity index is 1.80. The summed E-state index contributed by atoms with van der Waals surface area (Å²) in [5, 5.41) is 2.05. The van der Waals surface area contributed by atoms with Gasteiger partial charge in [0, 0.05) is 13.0 Å². The van der Waals surface area contributed by atoms with Crippen molar-refractivity contribution in [1.82, 2.24) is 4.90 Å². The molecule has 1 aliphatic heterocycles. The summed E-state index contributed by atoms with van der Waals surface area (Å²) in [5.41, 5.74) is 1.64. The first kappa shape index (κ1) is 24.8. The summed E-state index contributed by atoms with van der Waals surface area (Å²) in [6.45, 7) is 8.35. The molecule has 0 aliphatic carbocycles. The number of carbonyl (C=O) groups is 2. The highest BCUT2D eigenvalue weighted by Crippen LogP contribution is 2.36. The van der Waals surface area contributed by atoms with E-state index < -0.39 is 22.9 Å². The molecule has 3 rings (SSSR count). The molecule has 0 bridgehead atoms. The Morgan fingerprint density at radius 1 is 1.15 bits per heavy atom. The normalized spacial score (nSPS) is 17.8. The summed E-state index contributed by atoms with van der Waals surface area (Å²) in [6.07, 6.45) is -4.85. The molecule has 1 N–H and O–H groups in total. The molecular formula is C24H26F3N3O2S. The SMILES string of the molecule is Cc1ccc(N=C2SC(CC(=O)Nc3ccccc3C(F)(F)F)C(=O)N2CC(C)C)cc1C. The summed E-state index contributed by atoms with van der Waals surface area (Å²) in [7, 11) is 0. The molecule has 9 heteroatoms. The summed E-state index contributed by atoms with van der Waals surface area (Å²) in [6, 6.07) is 10.5. The van der Waals surface area contributed by atoms with Crippen molar-refractivity contribution in [1.29, 1.82) is 0 Å². The largest absolute Gasteiger partial charge is 0.418 e. The molecule has 1 heterocycles. The molecule has 2 amide bonds. The van der Waals surface area contributed by atoms with E-state index >= 15 is 0 Å². The number of anilines is 1. The number of para-hydroxylation sites is 1. The van der Waals surface area contributed by atoms with Crippen molar-refractivity contribution in [3.05, 3.63) is 59.2 Å². The van der Waals surface area contributed by atoms with Gasteiger partial charge in [-0.3, -0.25) is 14.5 Å². The predicted molar refractivity (Wildman–Crippen MR) is 126 cm³/mol. The molecule has 1 saturated heterocycles. The van der Waals surface area contributed by atoms with E-state index in [1.807, 2.05) is 45.9 Å². The predicted octanol–water partition coefficient (Wildman–Crippen LogP) is 5.94. The highest BCUT2D eigenvalue weighted by Gasteiger charge is 2.40. The van der Waals surface area contributed by atoms with Crippen LogP contribution in [0.25, 0.3) is 0 Å². The van der Waals surface area contributed by atoms with Crippen LogP contribution in [0.4, 0.5) is 24.5 Å². The average molecular weight is 478 g/mol. The van der Waals surface area contributed by atoms with E-state index in [2.05, 4.69) is 10.3 Å². The van der Waals surface area contributed by atoms with E-state index in [4.69, 9.17) is 0 Å². The van der Waals surface area contributed by atoms with E-state index in [1.54, 1.807) is 4.90 Å². The zero-order valence-electron chi connectivity index (χ0n) is 18.9. The summed E-state index contributed by atoms with van der Waals surface area (Å²) >= 11 is 1.17. The number of benzene rings is 2. The molecule has 1 atom stereocenters. The van der Waals surface area contributed by atoms with Crippen LogP contribution in [0.5, 0.6) is 0 Å². The highest BCUT2D eigenvalue weighted by molar-refractivity contribution is 8.15. The van der Waals surface area contributed by atoms with Crippen molar-refractivity contribution >= 4 is 40.1 Å². The van der Waals surface area contributed by atoms with Crippen LogP contribution in [0.2, 0.25) is 0 Å². The Kier molecular flexibility index (Phi) is 7.51. The van der Waals surface area contributed by atoms with E-state index in [1.165, 1.54) is 30.0 Å². The van der Waals surface area contributed by atoms with Crippen molar-refractivity contribution < 1.29 is 22.8 Å². The Bertz CT molecular complexity index is 1080. The van der Waals surface area contributed by atoms with E-state index in [-0.39, 0.29) is 23.9 Å². The first-order valence-electron chi connectivity index (χ1n) is 10.6. The van der Waals surface area contributed by atoms with Crippen LogP contribution >= 0.6 is 11.8 Å². The van der Waals surface area contributed by atoms with Gasteiger partial charge in [0.1, 0.15) is 5.25 Å². The number of thioether (sulfide) groups is 1. The maximum atomic E-state index is 13.2. The first-order valence-corrected chi connectivity index (χ1v) is 11.4. The molecule has 33 heavy (non-hydrogen) atoms. The number of nitrogens with one attached hydrogen (secondary N) is 1. The first-order chi connectivity index (χ1) is 15.5. The molecule has 0 aromatic heterocycles. The lowest BCUT2D eigenvalue weighted by molar-refractivity contribution is -0.137. The van der Waals surface area contributed by atoms with Crippen LogP contribution in [0, 0.1) is 19.8 Å². The quantitative estimate of drug-likeness (QED) is 0.560. The number of halogens is 3. The van der Waals surface area contributed by atoms with Gasteiger partial charge < -0.3 is 5.32 Å². The molecule has 5 nitrogen and oxygen atoms in total. The molecule has 1 fully saturated rings. The van der Waals surface area contributed by atoms with Gasteiger partial charge in [-0.15, -0.1) is 0 Å². The molecule has 1 unspecified atom stereocenters. The van der Waals surface area contributed by atoms with Gasteiger partial charge in [-0.25, -0.2) is 4.99 Å². The van der Waals surface area contributed by atoms with Gasteiger partial charge in [-0.1, -0.05) is 43.8 Å². The average Bonchev–Trinajstić information content (AvgIpc) is 2.98. The lowest BCUT2D eigenvalue weighted by Crippen LogP contribution is -2.36. The van der Waals surface area contributed by atoms with Crippen LogP contribution in [0.1, 0.15) is 37.0 Å². The van der Waals surface area contributed by atoms with E-state index in [9.17, 15) is 22.8 Å². The number of hydrogen-bond donors (Lipinski definition) is 1. The lowest BCUT2D eigenvalue weighted by atomic mass is 10.1. The number of aryl methyl sites for hydroxylation is 2. The van der Waals surface area contributed by atoms with Crippen molar-refractivity contribution in [2.45, 2.75) is 45.5 Å². The fourth-order valence-electron chi connectivity index (χ4n) is 3.37. The van der Waals surface area contributed by atoms with Crippen molar-refractivity contribution in [3.63, 3.8) is 0 Å². The standard InChI is InChI=1S/C24H26F3N3O2S/c1-14(2)13-30-22(32)20(33-23(30)28-17-10-9-15(3)16(4)11-17)12-21(31)29-19-8-6-5-7-18(19)24(25,26)27/h5-11,14,20H,12-13H2,1-4H3,(H,29,31). The minimum absolute atomic E-state index is 0.172. The molecule has 1 aliphatic rings.